The molecule has 1 N–H and O–H groups in total. The van der Waals surface area contributed by atoms with E-state index in [9.17, 15) is 14.4 Å². The molecule has 2 aromatic rings. The summed E-state index contributed by atoms with van der Waals surface area (Å²) in [5.41, 5.74) is 0.816. The lowest BCUT2D eigenvalue weighted by molar-refractivity contribution is -0.133. The van der Waals surface area contributed by atoms with Crippen molar-refractivity contribution in [3.63, 3.8) is 0 Å². The normalized spacial score (nSPS) is 14.6. The second-order valence-electron chi connectivity index (χ2n) is 6.39. The Morgan fingerprint density at radius 2 is 1.81 bits per heavy atom. The number of para-hydroxylation sites is 1. The first-order chi connectivity index (χ1) is 13.0. The van der Waals surface area contributed by atoms with Crippen LogP contribution in [-0.4, -0.2) is 64.6 Å². The second-order valence-corrected chi connectivity index (χ2v) is 6.39. The minimum absolute atomic E-state index is 0.0275. The SMILES string of the molecule is Cc1ccccc1OCC(=O)N1CCCN(C(=O)c2ccc(=O)[nH]n2)CC1. The van der Waals surface area contributed by atoms with Crippen LogP contribution >= 0.6 is 0 Å². The number of hydrogen-bond acceptors (Lipinski definition) is 5. The van der Waals surface area contributed by atoms with E-state index in [0.717, 1.165) is 5.56 Å². The predicted octanol–water partition coefficient (Wildman–Crippen LogP) is 0.832. The molecule has 0 radical (unpaired) electrons. The van der Waals surface area contributed by atoms with Gasteiger partial charge in [0.15, 0.2) is 6.61 Å². The molecule has 0 saturated carbocycles. The van der Waals surface area contributed by atoms with Crippen molar-refractivity contribution in [1.82, 2.24) is 20.0 Å². The van der Waals surface area contributed by atoms with Crippen molar-refractivity contribution >= 4 is 11.8 Å². The smallest absolute Gasteiger partial charge is 0.274 e. The lowest BCUT2D eigenvalue weighted by Crippen LogP contribution is -2.39. The van der Waals surface area contributed by atoms with Gasteiger partial charge in [0.05, 0.1) is 0 Å². The molecule has 0 bridgehead atoms. The fourth-order valence-electron chi connectivity index (χ4n) is 2.94. The summed E-state index contributed by atoms with van der Waals surface area (Å²) in [4.78, 5) is 39.4. The van der Waals surface area contributed by atoms with Crippen LogP contribution in [0.25, 0.3) is 0 Å². The lowest BCUT2D eigenvalue weighted by atomic mass is 10.2. The van der Waals surface area contributed by atoms with Crippen molar-refractivity contribution in [1.29, 1.82) is 0 Å². The van der Waals surface area contributed by atoms with E-state index in [4.69, 9.17) is 4.74 Å². The number of ether oxygens (including phenoxy) is 1. The summed E-state index contributed by atoms with van der Waals surface area (Å²) >= 11 is 0. The first kappa shape index (κ1) is 18.6. The summed E-state index contributed by atoms with van der Waals surface area (Å²) in [5, 5.41) is 6.05. The van der Waals surface area contributed by atoms with E-state index in [1.54, 1.807) is 9.80 Å². The molecule has 0 aliphatic carbocycles. The van der Waals surface area contributed by atoms with Crippen LogP contribution in [0.3, 0.4) is 0 Å². The van der Waals surface area contributed by atoms with Crippen LogP contribution < -0.4 is 10.3 Å². The Hall–Kier alpha value is -3.16. The molecular formula is C19H22N4O4. The number of nitrogens with one attached hydrogen (secondary N) is 1. The van der Waals surface area contributed by atoms with Gasteiger partial charge in [-0.1, -0.05) is 18.2 Å². The lowest BCUT2D eigenvalue weighted by Gasteiger charge is -2.22. The number of aryl methyl sites for hydroxylation is 1. The van der Waals surface area contributed by atoms with Crippen molar-refractivity contribution in [2.24, 2.45) is 0 Å². The maximum absolute atomic E-state index is 12.5. The van der Waals surface area contributed by atoms with E-state index < -0.39 is 0 Å². The highest BCUT2D eigenvalue weighted by Crippen LogP contribution is 2.16. The zero-order valence-corrected chi connectivity index (χ0v) is 15.2. The molecule has 1 aromatic carbocycles. The van der Waals surface area contributed by atoms with E-state index in [1.165, 1.54) is 12.1 Å². The molecule has 2 heterocycles. The highest BCUT2D eigenvalue weighted by molar-refractivity contribution is 5.92. The van der Waals surface area contributed by atoms with Crippen molar-refractivity contribution in [3.8, 4) is 5.75 Å². The number of carbonyl (C=O) groups is 2. The Balaban J connectivity index is 1.55. The van der Waals surface area contributed by atoms with Crippen molar-refractivity contribution in [3.05, 3.63) is 58.0 Å². The molecule has 8 heteroatoms. The molecular weight excluding hydrogens is 348 g/mol. The van der Waals surface area contributed by atoms with E-state index in [1.807, 2.05) is 31.2 Å². The molecule has 0 atom stereocenters. The molecule has 1 fully saturated rings. The summed E-state index contributed by atoms with van der Waals surface area (Å²) in [7, 11) is 0. The highest BCUT2D eigenvalue weighted by Gasteiger charge is 2.23. The molecule has 1 aromatic heterocycles. The van der Waals surface area contributed by atoms with Gasteiger partial charge in [0.2, 0.25) is 0 Å². The first-order valence-electron chi connectivity index (χ1n) is 8.86. The Morgan fingerprint density at radius 3 is 2.56 bits per heavy atom. The summed E-state index contributed by atoms with van der Waals surface area (Å²) in [5.74, 6) is 0.341. The number of rotatable bonds is 4. The standard InChI is InChI=1S/C19H22N4O4/c1-14-5-2-3-6-16(14)27-13-18(25)22-9-4-10-23(12-11-22)19(26)15-7-8-17(24)21-20-15/h2-3,5-8H,4,9-13H2,1H3,(H,21,24). The van der Waals surface area contributed by atoms with Gasteiger partial charge in [-0.15, -0.1) is 0 Å². The third-order valence-electron chi connectivity index (χ3n) is 4.48. The number of nitrogens with zero attached hydrogens (tertiary/aromatic N) is 3. The van der Waals surface area contributed by atoms with E-state index >= 15 is 0 Å². The molecule has 27 heavy (non-hydrogen) atoms. The van der Waals surface area contributed by atoms with Crippen LogP contribution in [0.2, 0.25) is 0 Å². The van der Waals surface area contributed by atoms with Crippen LogP contribution in [0.5, 0.6) is 5.75 Å². The Labute approximate surface area is 156 Å². The molecule has 1 aliphatic rings. The molecule has 1 saturated heterocycles. The van der Waals surface area contributed by atoms with E-state index in [2.05, 4.69) is 10.2 Å². The molecule has 0 unspecified atom stereocenters. The zero-order chi connectivity index (χ0) is 19.2. The third-order valence-corrected chi connectivity index (χ3v) is 4.48. The number of aromatic amines is 1. The molecule has 3 rings (SSSR count). The maximum Gasteiger partial charge on any atom is 0.274 e. The van der Waals surface area contributed by atoms with Crippen LogP contribution in [-0.2, 0) is 4.79 Å². The van der Waals surface area contributed by atoms with Crippen LogP contribution in [0.4, 0.5) is 0 Å². The predicted molar refractivity (Wildman–Crippen MR) is 98.6 cm³/mol. The molecule has 2 amide bonds. The van der Waals surface area contributed by atoms with Gasteiger partial charge in [-0.2, -0.15) is 5.10 Å². The first-order valence-corrected chi connectivity index (χ1v) is 8.86. The summed E-state index contributed by atoms with van der Waals surface area (Å²) < 4.78 is 5.63. The molecule has 1 aliphatic heterocycles. The number of H-pyrrole nitrogens is 1. The fourth-order valence-corrected chi connectivity index (χ4v) is 2.94. The number of hydrogen-bond donors (Lipinski definition) is 1. The molecule has 8 nitrogen and oxygen atoms in total. The Bertz CT molecular complexity index is 860. The monoisotopic (exact) mass is 370 g/mol. The summed E-state index contributed by atoms with van der Waals surface area (Å²) in [6, 6.07) is 10.2. The van der Waals surface area contributed by atoms with Crippen LogP contribution in [0.15, 0.2) is 41.2 Å². The third kappa shape index (κ3) is 4.72. The number of carbonyl (C=O) groups excluding carboxylic acids is 2. The van der Waals surface area contributed by atoms with Gasteiger partial charge in [0.1, 0.15) is 11.4 Å². The van der Waals surface area contributed by atoms with Gasteiger partial charge in [-0.3, -0.25) is 14.4 Å². The summed E-state index contributed by atoms with van der Waals surface area (Å²) in [6.45, 7) is 3.85. The van der Waals surface area contributed by atoms with Gasteiger partial charge >= 0.3 is 0 Å². The van der Waals surface area contributed by atoms with Gasteiger partial charge < -0.3 is 14.5 Å². The highest BCUT2D eigenvalue weighted by atomic mass is 16.5. The second kappa shape index (κ2) is 8.48. The van der Waals surface area contributed by atoms with Crippen LogP contribution in [0, 0.1) is 6.92 Å². The average molecular weight is 370 g/mol. The fraction of sp³-hybridized carbons (Fsp3) is 0.368. The van der Waals surface area contributed by atoms with Crippen molar-refractivity contribution in [2.75, 3.05) is 32.8 Å². The largest absolute Gasteiger partial charge is 0.484 e. The van der Waals surface area contributed by atoms with Gasteiger partial charge in [-0.25, -0.2) is 5.10 Å². The van der Waals surface area contributed by atoms with Gasteiger partial charge in [0.25, 0.3) is 17.4 Å². The molecule has 142 valence electrons. The number of amides is 2. The minimum Gasteiger partial charge on any atom is -0.484 e. The van der Waals surface area contributed by atoms with E-state index in [-0.39, 0.29) is 29.7 Å². The maximum atomic E-state index is 12.5. The molecule has 0 spiro atoms. The Kier molecular flexibility index (Phi) is 5.85. The van der Waals surface area contributed by atoms with Crippen LogP contribution in [0.1, 0.15) is 22.5 Å². The van der Waals surface area contributed by atoms with Gasteiger partial charge in [0, 0.05) is 32.2 Å². The van der Waals surface area contributed by atoms with Gasteiger partial charge in [-0.05, 0) is 31.0 Å². The summed E-state index contributed by atoms with van der Waals surface area (Å²) in [6.07, 6.45) is 0.672. The van der Waals surface area contributed by atoms with E-state index in [0.29, 0.717) is 38.3 Å². The van der Waals surface area contributed by atoms with Crippen molar-refractivity contribution in [2.45, 2.75) is 13.3 Å². The zero-order valence-electron chi connectivity index (χ0n) is 15.2. The average Bonchev–Trinajstić information content (AvgIpc) is 2.93. The minimum atomic E-state index is -0.354. The topological polar surface area (TPSA) is 95.6 Å². The van der Waals surface area contributed by atoms with Crippen molar-refractivity contribution < 1.29 is 14.3 Å². The quantitative estimate of drug-likeness (QED) is 0.860. The Morgan fingerprint density at radius 1 is 1.07 bits per heavy atom. The number of aromatic nitrogens is 2. The number of benzene rings is 1.